The molecule has 0 spiro atoms. The van der Waals surface area contributed by atoms with Crippen LogP contribution in [0.2, 0.25) is 0 Å². The molecule has 2 N–H and O–H groups in total. The molecule has 0 unspecified atom stereocenters. The van der Waals surface area contributed by atoms with E-state index in [4.69, 9.17) is 10.5 Å². The average molecular weight is 420 g/mol. The van der Waals surface area contributed by atoms with E-state index in [0.717, 1.165) is 22.2 Å². The Labute approximate surface area is 180 Å². The number of aliphatic imine (C=N–C) groups is 1. The lowest BCUT2D eigenvalue weighted by atomic mass is 9.87. The van der Waals surface area contributed by atoms with Gasteiger partial charge in [0.15, 0.2) is 5.17 Å². The van der Waals surface area contributed by atoms with Crippen LogP contribution >= 0.6 is 11.8 Å². The summed E-state index contributed by atoms with van der Waals surface area (Å²) in [6, 6.07) is 16.4. The Hall–Kier alpha value is -2.99. The quantitative estimate of drug-likeness (QED) is 0.594. The van der Waals surface area contributed by atoms with Crippen molar-refractivity contribution >= 4 is 39.8 Å². The Morgan fingerprint density at radius 2 is 1.87 bits per heavy atom. The van der Waals surface area contributed by atoms with Crippen molar-refractivity contribution in [2.45, 2.75) is 32.7 Å². The van der Waals surface area contributed by atoms with Gasteiger partial charge < -0.3 is 15.0 Å². The molecule has 2 heterocycles. The Morgan fingerprint density at radius 1 is 1.13 bits per heavy atom. The van der Waals surface area contributed by atoms with Gasteiger partial charge in [0.25, 0.3) is 5.91 Å². The molecular formula is C24H25N3O2S. The number of rotatable bonds is 5. The minimum absolute atomic E-state index is 0.127. The highest BCUT2D eigenvalue weighted by Crippen LogP contribution is 2.30. The highest BCUT2D eigenvalue weighted by Gasteiger charge is 2.20. The predicted molar refractivity (Wildman–Crippen MR) is 125 cm³/mol. The first-order valence-electron chi connectivity index (χ1n) is 9.90. The summed E-state index contributed by atoms with van der Waals surface area (Å²) in [4.78, 5) is 16.3. The lowest BCUT2D eigenvalue weighted by molar-refractivity contribution is -0.113. The minimum atomic E-state index is -0.281. The minimum Gasteiger partial charge on any atom is -0.492 e. The van der Waals surface area contributed by atoms with E-state index in [1.54, 1.807) is 0 Å². The highest BCUT2D eigenvalue weighted by atomic mass is 32.2. The highest BCUT2D eigenvalue weighted by molar-refractivity contribution is 8.18. The second-order valence-electron chi connectivity index (χ2n) is 8.28. The van der Waals surface area contributed by atoms with Crippen LogP contribution in [0.4, 0.5) is 0 Å². The van der Waals surface area contributed by atoms with Gasteiger partial charge in [0, 0.05) is 22.7 Å². The number of hydrogen-bond donors (Lipinski definition) is 1. The number of aromatic nitrogens is 1. The molecule has 1 aromatic heterocycles. The molecular weight excluding hydrogens is 394 g/mol. The standard InChI is InChI=1S/C24H25N3O2S/c1-24(2,3)17-8-10-18(11-9-17)29-13-12-27-15-16(19-6-4-5-7-20(19)27)14-21-22(28)26-23(25)30-21/h4-11,14-15H,12-13H2,1-3H3,(H2,25,26,28)/b21-14+. The molecule has 0 bridgehead atoms. The maximum atomic E-state index is 12.0. The molecule has 0 saturated carbocycles. The van der Waals surface area contributed by atoms with Crippen molar-refractivity contribution in [3.8, 4) is 5.75 Å². The lowest BCUT2D eigenvalue weighted by Gasteiger charge is -2.19. The number of thioether (sulfide) groups is 1. The number of carbonyl (C=O) groups is 1. The number of amidine groups is 1. The van der Waals surface area contributed by atoms with Crippen LogP contribution in [-0.4, -0.2) is 22.2 Å². The maximum Gasteiger partial charge on any atom is 0.286 e. The van der Waals surface area contributed by atoms with E-state index in [1.165, 1.54) is 17.3 Å². The Balaban J connectivity index is 1.50. The monoisotopic (exact) mass is 419 g/mol. The zero-order valence-corrected chi connectivity index (χ0v) is 18.2. The summed E-state index contributed by atoms with van der Waals surface area (Å²) in [5.41, 5.74) is 9.15. The van der Waals surface area contributed by atoms with Crippen molar-refractivity contribution < 1.29 is 9.53 Å². The SMILES string of the molecule is CC(C)(C)c1ccc(OCCn2cc(/C=C3/SC(N)=NC3=O)c3ccccc32)cc1. The molecule has 0 saturated heterocycles. The van der Waals surface area contributed by atoms with E-state index in [9.17, 15) is 4.79 Å². The Kier molecular flexibility index (Phi) is 5.43. The maximum absolute atomic E-state index is 12.0. The number of ether oxygens (including phenoxy) is 1. The molecule has 30 heavy (non-hydrogen) atoms. The van der Waals surface area contributed by atoms with Crippen molar-refractivity contribution in [2.75, 3.05) is 6.61 Å². The summed E-state index contributed by atoms with van der Waals surface area (Å²) >= 11 is 1.21. The van der Waals surface area contributed by atoms with Crippen molar-refractivity contribution in [1.29, 1.82) is 0 Å². The van der Waals surface area contributed by atoms with Crippen LogP contribution in [0.1, 0.15) is 31.9 Å². The number of para-hydroxylation sites is 1. The van der Waals surface area contributed by atoms with Crippen LogP contribution < -0.4 is 10.5 Å². The number of benzene rings is 2. The van der Waals surface area contributed by atoms with Crippen LogP contribution in [-0.2, 0) is 16.8 Å². The Bertz CT molecular complexity index is 1150. The van der Waals surface area contributed by atoms with E-state index in [1.807, 2.05) is 36.5 Å². The molecule has 0 aliphatic carbocycles. The molecule has 0 radical (unpaired) electrons. The molecule has 1 amide bonds. The van der Waals surface area contributed by atoms with E-state index in [0.29, 0.717) is 23.2 Å². The first-order valence-corrected chi connectivity index (χ1v) is 10.7. The van der Waals surface area contributed by atoms with Gasteiger partial charge in [0.2, 0.25) is 0 Å². The molecule has 1 aliphatic heterocycles. The fourth-order valence-corrected chi connectivity index (χ4v) is 4.13. The van der Waals surface area contributed by atoms with Gasteiger partial charge in [0.05, 0.1) is 11.4 Å². The summed E-state index contributed by atoms with van der Waals surface area (Å²) in [6.07, 6.45) is 3.91. The number of carbonyl (C=O) groups excluding carboxylic acids is 1. The van der Waals surface area contributed by atoms with Gasteiger partial charge in [-0.05, 0) is 47.0 Å². The molecule has 6 heteroatoms. The smallest absolute Gasteiger partial charge is 0.286 e. The van der Waals surface area contributed by atoms with Gasteiger partial charge in [-0.15, -0.1) is 0 Å². The number of nitrogens with two attached hydrogens (primary N) is 1. The second kappa shape index (κ2) is 8.03. The molecule has 2 aromatic carbocycles. The van der Waals surface area contributed by atoms with E-state index < -0.39 is 0 Å². The van der Waals surface area contributed by atoms with Gasteiger partial charge in [0.1, 0.15) is 12.4 Å². The summed E-state index contributed by atoms with van der Waals surface area (Å²) in [5.74, 6) is 0.582. The fourth-order valence-electron chi connectivity index (χ4n) is 3.45. The summed E-state index contributed by atoms with van der Waals surface area (Å²) in [6.45, 7) is 7.85. The predicted octanol–water partition coefficient (Wildman–Crippen LogP) is 4.95. The number of hydrogen-bond acceptors (Lipinski definition) is 4. The fraction of sp³-hybridized carbons (Fsp3) is 0.250. The first kappa shape index (κ1) is 20.3. The second-order valence-corrected chi connectivity index (χ2v) is 9.35. The van der Waals surface area contributed by atoms with Crippen LogP contribution in [0.5, 0.6) is 5.75 Å². The zero-order valence-electron chi connectivity index (χ0n) is 17.4. The third-order valence-electron chi connectivity index (χ3n) is 5.06. The number of amides is 1. The van der Waals surface area contributed by atoms with Crippen LogP contribution in [0, 0.1) is 0 Å². The molecule has 154 valence electrons. The van der Waals surface area contributed by atoms with Crippen LogP contribution in [0.15, 0.2) is 64.6 Å². The molecule has 1 aliphatic rings. The zero-order chi connectivity index (χ0) is 21.3. The summed E-state index contributed by atoms with van der Waals surface area (Å²) in [7, 11) is 0. The van der Waals surface area contributed by atoms with Gasteiger partial charge in [-0.2, -0.15) is 4.99 Å². The molecule has 0 atom stereocenters. The van der Waals surface area contributed by atoms with Crippen molar-refractivity contribution in [2.24, 2.45) is 10.7 Å². The van der Waals surface area contributed by atoms with Crippen LogP contribution in [0.25, 0.3) is 17.0 Å². The number of nitrogens with zero attached hydrogens (tertiary/aromatic N) is 2. The van der Waals surface area contributed by atoms with E-state index in [2.05, 4.69) is 54.6 Å². The van der Waals surface area contributed by atoms with Gasteiger partial charge in [-0.1, -0.05) is 51.1 Å². The van der Waals surface area contributed by atoms with Crippen molar-refractivity contribution in [3.63, 3.8) is 0 Å². The first-order chi connectivity index (χ1) is 14.3. The van der Waals surface area contributed by atoms with E-state index >= 15 is 0 Å². The molecule has 4 rings (SSSR count). The molecule has 5 nitrogen and oxygen atoms in total. The summed E-state index contributed by atoms with van der Waals surface area (Å²) < 4.78 is 8.12. The van der Waals surface area contributed by atoms with Crippen LogP contribution in [0.3, 0.4) is 0 Å². The van der Waals surface area contributed by atoms with Crippen molar-refractivity contribution in [3.05, 3.63) is 70.8 Å². The normalized spacial score (nSPS) is 15.8. The van der Waals surface area contributed by atoms with Gasteiger partial charge >= 0.3 is 0 Å². The largest absolute Gasteiger partial charge is 0.492 e. The molecule has 3 aromatic rings. The van der Waals surface area contributed by atoms with Gasteiger partial charge in [-0.25, -0.2) is 0 Å². The van der Waals surface area contributed by atoms with Crippen molar-refractivity contribution in [1.82, 2.24) is 4.57 Å². The lowest BCUT2D eigenvalue weighted by Crippen LogP contribution is -2.11. The molecule has 0 fully saturated rings. The van der Waals surface area contributed by atoms with Gasteiger partial charge in [-0.3, -0.25) is 4.79 Å². The Morgan fingerprint density at radius 3 is 2.53 bits per heavy atom. The third kappa shape index (κ3) is 4.28. The number of fused-ring (bicyclic) bond motifs is 1. The average Bonchev–Trinajstić information content (AvgIpc) is 3.21. The van der Waals surface area contributed by atoms with E-state index in [-0.39, 0.29) is 11.3 Å². The third-order valence-corrected chi connectivity index (χ3v) is 5.88. The topological polar surface area (TPSA) is 69.6 Å². The summed E-state index contributed by atoms with van der Waals surface area (Å²) in [5, 5.41) is 1.37.